The minimum atomic E-state index is -3.81. The van der Waals surface area contributed by atoms with Gasteiger partial charge in [0.2, 0.25) is 10.0 Å². The maximum atomic E-state index is 12.4. The summed E-state index contributed by atoms with van der Waals surface area (Å²) in [5, 5.41) is 12.3. The predicted molar refractivity (Wildman–Crippen MR) is 110 cm³/mol. The van der Waals surface area contributed by atoms with Crippen LogP contribution < -0.4 is 15.8 Å². The molecular formula is C19H30N4O6S. The van der Waals surface area contributed by atoms with E-state index in [1.165, 1.54) is 17.0 Å². The quantitative estimate of drug-likeness (QED) is 0.453. The smallest absolute Gasteiger partial charge is 0.411 e. The molecule has 1 fully saturated rings. The molecule has 1 aliphatic heterocycles. The van der Waals surface area contributed by atoms with Gasteiger partial charge < -0.3 is 15.6 Å². The maximum absolute atomic E-state index is 12.4. The molecule has 10 nitrogen and oxygen atoms in total. The molecule has 0 saturated carbocycles. The van der Waals surface area contributed by atoms with Gasteiger partial charge in [-0.1, -0.05) is 17.7 Å². The molecule has 1 aliphatic rings. The van der Waals surface area contributed by atoms with E-state index < -0.39 is 40.0 Å². The van der Waals surface area contributed by atoms with Crippen LogP contribution in [0, 0.1) is 12.8 Å². The van der Waals surface area contributed by atoms with Gasteiger partial charge in [-0.3, -0.25) is 10.2 Å². The number of aliphatic carboxylic acids is 1. The largest absolute Gasteiger partial charge is 0.480 e. The number of benzene rings is 1. The number of carbonyl (C=O) groups excluding carboxylic acids is 1. The summed E-state index contributed by atoms with van der Waals surface area (Å²) in [6.07, 6.45) is -1.56. The lowest BCUT2D eigenvalue weighted by Gasteiger charge is -2.26. The van der Waals surface area contributed by atoms with Gasteiger partial charge in [-0.15, -0.1) is 0 Å². The molecule has 0 aromatic heterocycles. The number of hydrogen-bond acceptors (Lipinski definition) is 7. The van der Waals surface area contributed by atoms with Crippen LogP contribution in [0.2, 0.25) is 0 Å². The molecule has 0 spiro atoms. The summed E-state index contributed by atoms with van der Waals surface area (Å²) in [7, 11) is -3.81. The monoisotopic (exact) mass is 442 g/mol. The fourth-order valence-electron chi connectivity index (χ4n) is 3.12. The van der Waals surface area contributed by atoms with Crippen molar-refractivity contribution >= 4 is 22.1 Å². The number of nitrogens with zero attached hydrogens (tertiary/aromatic N) is 1. The SMILES string of the molecule is Cc1ccc(S(=O)(=O)NC(N)NC[C@H]2C[C@H](C(=O)O)N(C(=O)OC(C)(C)C)C2)cc1. The van der Waals surface area contributed by atoms with E-state index in [2.05, 4.69) is 10.0 Å². The number of nitrogens with two attached hydrogens (primary N) is 1. The Morgan fingerprint density at radius 2 is 1.90 bits per heavy atom. The van der Waals surface area contributed by atoms with E-state index in [9.17, 15) is 23.1 Å². The topological polar surface area (TPSA) is 151 Å². The molecule has 0 radical (unpaired) electrons. The predicted octanol–water partition coefficient (Wildman–Crippen LogP) is 0.815. The zero-order valence-electron chi connectivity index (χ0n) is 17.6. The number of carbonyl (C=O) groups is 2. The lowest BCUT2D eigenvalue weighted by molar-refractivity contribution is -0.142. The minimum Gasteiger partial charge on any atom is -0.480 e. The molecule has 168 valence electrons. The molecule has 2 rings (SSSR count). The highest BCUT2D eigenvalue weighted by Gasteiger charge is 2.41. The molecule has 1 heterocycles. The van der Waals surface area contributed by atoms with Gasteiger partial charge in [0, 0.05) is 13.1 Å². The molecule has 1 aromatic carbocycles. The number of carboxylic acid groups (broad SMARTS) is 1. The Morgan fingerprint density at radius 1 is 1.30 bits per heavy atom. The van der Waals surface area contributed by atoms with Crippen molar-refractivity contribution in [2.24, 2.45) is 11.7 Å². The molecule has 1 unspecified atom stereocenters. The van der Waals surface area contributed by atoms with Crippen molar-refractivity contribution in [3.05, 3.63) is 29.8 Å². The zero-order chi connectivity index (χ0) is 22.7. The van der Waals surface area contributed by atoms with Crippen molar-refractivity contribution in [3.63, 3.8) is 0 Å². The summed E-state index contributed by atoms with van der Waals surface area (Å²) in [5.41, 5.74) is 6.04. The van der Waals surface area contributed by atoms with Crippen LogP contribution in [-0.2, 0) is 19.6 Å². The highest BCUT2D eigenvalue weighted by Crippen LogP contribution is 2.25. The van der Waals surface area contributed by atoms with Crippen LogP contribution in [0.1, 0.15) is 32.8 Å². The van der Waals surface area contributed by atoms with E-state index >= 15 is 0 Å². The van der Waals surface area contributed by atoms with Crippen LogP contribution in [0.5, 0.6) is 0 Å². The Hall–Kier alpha value is -2.21. The van der Waals surface area contributed by atoms with Gasteiger partial charge in [0.15, 0.2) is 0 Å². The maximum Gasteiger partial charge on any atom is 0.411 e. The number of rotatable bonds is 7. The number of hydrogen-bond donors (Lipinski definition) is 4. The van der Waals surface area contributed by atoms with Crippen LogP contribution in [0.15, 0.2) is 29.2 Å². The average molecular weight is 443 g/mol. The highest BCUT2D eigenvalue weighted by molar-refractivity contribution is 7.89. The van der Waals surface area contributed by atoms with Gasteiger partial charge in [0.25, 0.3) is 0 Å². The van der Waals surface area contributed by atoms with Crippen molar-refractivity contribution in [1.29, 1.82) is 0 Å². The van der Waals surface area contributed by atoms with Crippen molar-refractivity contribution in [3.8, 4) is 0 Å². The molecule has 11 heteroatoms. The average Bonchev–Trinajstić information content (AvgIpc) is 3.03. The van der Waals surface area contributed by atoms with Crippen LogP contribution in [0.4, 0.5) is 4.79 Å². The van der Waals surface area contributed by atoms with E-state index in [0.717, 1.165) is 5.56 Å². The molecule has 5 N–H and O–H groups in total. The third kappa shape index (κ3) is 6.66. The van der Waals surface area contributed by atoms with Crippen LogP contribution in [-0.4, -0.2) is 61.5 Å². The van der Waals surface area contributed by atoms with Crippen molar-refractivity contribution < 1.29 is 27.9 Å². The van der Waals surface area contributed by atoms with Crippen molar-refractivity contribution in [1.82, 2.24) is 14.9 Å². The molecule has 30 heavy (non-hydrogen) atoms. The Morgan fingerprint density at radius 3 is 2.43 bits per heavy atom. The second-order valence-corrected chi connectivity index (χ2v) is 10.1. The first kappa shape index (κ1) is 24.1. The number of ether oxygens (including phenoxy) is 1. The third-order valence-corrected chi connectivity index (χ3v) is 6.00. The first-order valence-electron chi connectivity index (χ1n) is 9.59. The van der Waals surface area contributed by atoms with Crippen molar-refractivity contribution in [2.75, 3.05) is 13.1 Å². The number of carboxylic acids is 1. The van der Waals surface area contributed by atoms with E-state index in [4.69, 9.17) is 10.5 Å². The van der Waals surface area contributed by atoms with Gasteiger partial charge in [-0.25, -0.2) is 18.0 Å². The molecule has 1 saturated heterocycles. The zero-order valence-corrected chi connectivity index (χ0v) is 18.4. The lowest BCUT2D eigenvalue weighted by atomic mass is 10.1. The molecule has 1 amide bonds. The van der Waals surface area contributed by atoms with Crippen molar-refractivity contribution in [2.45, 2.75) is 56.9 Å². The molecule has 0 bridgehead atoms. The summed E-state index contributed by atoms with van der Waals surface area (Å²) in [5.74, 6) is -1.35. The summed E-state index contributed by atoms with van der Waals surface area (Å²) < 4.78 is 32.4. The first-order valence-corrected chi connectivity index (χ1v) is 11.1. The van der Waals surface area contributed by atoms with E-state index in [-0.39, 0.29) is 30.3 Å². The van der Waals surface area contributed by atoms with Gasteiger partial charge in [0.1, 0.15) is 17.9 Å². The normalized spacial score (nSPS) is 20.8. The first-order chi connectivity index (χ1) is 13.8. The molecule has 3 atom stereocenters. The van der Waals surface area contributed by atoms with Gasteiger partial charge in [-0.2, -0.15) is 4.72 Å². The number of likely N-dealkylation sites (tertiary alicyclic amines) is 1. The third-order valence-electron chi connectivity index (χ3n) is 4.54. The van der Waals surface area contributed by atoms with E-state index in [1.807, 2.05) is 6.92 Å². The van der Waals surface area contributed by atoms with Crippen LogP contribution >= 0.6 is 0 Å². The summed E-state index contributed by atoms with van der Waals surface area (Å²) >= 11 is 0. The second kappa shape index (κ2) is 9.29. The fraction of sp³-hybridized carbons (Fsp3) is 0.579. The van der Waals surface area contributed by atoms with Gasteiger partial charge in [-0.05, 0) is 52.2 Å². The summed E-state index contributed by atoms with van der Waals surface area (Å²) in [6.45, 7) is 7.35. The number of aryl methyl sites for hydroxylation is 1. The molecule has 1 aromatic rings. The van der Waals surface area contributed by atoms with Crippen LogP contribution in [0.25, 0.3) is 0 Å². The van der Waals surface area contributed by atoms with Gasteiger partial charge >= 0.3 is 12.1 Å². The van der Waals surface area contributed by atoms with E-state index in [1.54, 1.807) is 32.9 Å². The standard InChI is InChI=1S/C19H30N4O6S/c1-12-5-7-14(8-6-12)30(27,28)22-17(20)21-10-13-9-15(16(24)25)23(11-13)18(26)29-19(2,3)4/h5-8,13,15,17,21-22H,9-11,20H2,1-4H3,(H,24,25)/t13-,15-,17?/m1/s1. The highest BCUT2D eigenvalue weighted by atomic mass is 32.2. The minimum absolute atomic E-state index is 0.0910. The Labute approximate surface area is 176 Å². The fourth-order valence-corrected chi connectivity index (χ4v) is 4.16. The summed E-state index contributed by atoms with van der Waals surface area (Å²) in [6, 6.07) is 5.33. The summed E-state index contributed by atoms with van der Waals surface area (Å²) in [4.78, 5) is 25.2. The lowest BCUT2D eigenvalue weighted by Crippen LogP contribution is -2.52. The Bertz CT molecular complexity index is 866. The Balaban J connectivity index is 1.94. The van der Waals surface area contributed by atoms with E-state index in [0.29, 0.717) is 0 Å². The molecular weight excluding hydrogens is 412 g/mol. The molecule has 0 aliphatic carbocycles. The second-order valence-electron chi connectivity index (χ2n) is 8.41. The number of nitrogens with one attached hydrogen (secondary N) is 2. The van der Waals surface area contributed by atoms with Crippen LogP contribution in [0.3, 0.4) is 0 Å². The number of amides is 1. The Kier molecular flexibility index (Phi) is 7.45. The number of sulfonamides is 1. The van der Waals surface area contributed by atoms with Gasteiger partial charge in [0.05, 0.1) is 4.90 Å².